The number of ether oxygens (including phenoxy) is 1. The molecule has 1 aliphatic rings. The predicted octanol–water partition coefficient (Wildman–Crippen LogP) is 0.965. The van der Waals surface area contributed by atoms with Gasteiger partial charge >= 0.3 is 0 Å². The van der Waals surface area contributed by atoms with Gasteiger partial charge in [-0.05, 0) is 43.5 Å². The lowest BCUT2D eigenvalue weighted by atomic mass is 10.1. The molecule has 1 amide bonds. The van der Waals surface area contributed by atoms with E-state index in [2.05, 4.69) is 26.0 Å². The normalized spacial score (nSPS) is 15.8. The Balaban J connectivity index is 1.45. The minimum Gasteiger partial charge on any atom is -0.492 e. The van der Waals surface area contributed by atoms with Crippen molar-refractivity contribution >= 4 is 11.7 Å². The number of carbonyl (C=O) groups excluding carboxylic acids is 1. The number of nitrogens with zero attached hydrogens (tertiary/aromatic N) is 6. The van der Waals surface area contributed by atoms with Crippen LogP contribution in [-0.4, -0.2) is 68.5 Å². The number of aromatic nitrogens is 4. The Hall–Kier alpha value is -4.01. The molecule has 3 aromatic rings. The maximum absolute atomic E-state index is 11.4. The van der Waals surface area contributed by atoms with Crippen LogP contribution in [0, 0.1) is 17.2 Å². The average Bonchev–Trinajstić information content (AvgIpc) is 3.52. The Morgan fingerprint density at radius 1 is 1.35 bits per heavy atom. The van der Waals surface area contributed by atoms with Crippen molar-refractivity contribution in [1.82, 2.24) is 24.6 Å². The summed E-state index contributed by atoms with van der Waals surface area (Å²) in [6.07, 6.45) is 6.11. The molecule has 0 spiro atoms. The summed E-state index contributed by atoms with van der Waals surface area (Å²) in [7, 11) is 0. The summed E-state index contributed by atoms with van der Waals surface area (Å²) in [4.78, 5) is 22.4. The highest BCUT2D eigenvalue weighted by molar-refractivity contribution is 5.92. The van der Waals surface area contributed by atoms with Gasteiger partial charge in [0, 0.05) is 31.5 Å². The van der Waals surface area contributed by atoms with Crippen LogP contribution in [-0.2, 0) is 0 Å². The molecule has 1 aliphatic heterocycles. The van der Waals surface area contributed by atoms with E-state index in [0.29, 0.717) is 35.1 Å². The molecule has 3 heterocycles. The second kappa shape index (κ2) is 10.3. The quantitative estimate of drug-likeness (QED) is 0.392. The van der Waals surface area contributed by atoms with Gasteiger partial charge in [-0.3, -0.25) is 4.79 Å². The minimum absolute atomic E-state index is 0.131. The molecule has 5 N–H and O–H groups in total. The number of primary amides is 1. The molecule has 0 radical (unpaired) electrons. The number of benzene rings is 1. The van der Waals surface area contributed by atoms with E-state index in [4.69, 9.17) is 16.2 Å². The van der Waals surface area contributed by atoms with Crippen LogP contribution in [0.2, 0.25) is 0 Å². The zero-order valence-corrected chi connectivity index (χ0v) is 18.6. The zero-order chi connectivity index (χ0) is 24.1. The van der Waals surface area contributed by atoms with Crippen molar-refractivity contribution in [2.24, 2.45) is 11.7 Å². The van der Waals surface area contributed by atoms with E-state index in [0.717, 1.165) is 32.5 Å². The number of rotatable bonds is 9. The third kappa shape index (κ3) is 5.14. The van der Waals surface area contributed by atoms with Crippen molar-refractivity contribution < 1.29 is 14.6 Å². The number of likely N-dealkylation sites (tertiary alicyclic amines) is 1. The average molecular weight is 463 g/mol. The lowest BCUT2D eigenvalue weighted by Gasteiger charge is -2.16. The van der Waals surface area contributed by atoms with Crippen molar-refractivity contribution in [3.8, 4) is 28.9 Å². The molecule has 0 bridgehead atoms. The van der Waals surface area contributed by atoms with Gasteiger partial charge < -0.3 is 26.2 Å². The number of nitrogen functional groups attached to an aromatic ring is 1. The van der Waals surface area contributed by atoms with Crippen LogP contribution in [0.15, 0.2) is 36.8 Å². The molecule has 34 heavy (non-hydrogen) atoms. The smallest absolute Gasteiger partial charge is 0.251 e. The molecule has 4 rings (SSSR count). The monoisotopic (exact) mass is 462 g/mol. The van der Waals surface area contributed by atoms with Gasteiger partial charge in [0.2, 0.25) is 0 Å². The van der Waals surface area contributed by atoms with Gasteiger partial charge in [-0.1, -0.05) is 0 Å². The number of nitrogens with two attached hydrogens (primary N) is 2. The van der Waals surface area contributed by atoms with Crippen LogP contribution in [0.5, 0.6) is 5.75 Å². The van der Waals surface area contributed by atoms with Crippen LogP contribution in [0.25, 0.3) is 17.1 Å². The molecule has 1 atom stereocenters. The van der Waals surface area contributed by atoms with E-state index in [-0.39, 0.29) is 23.8 Å². The van der Waals surface area contributed by atoms with Gasteiger partial charge in [-0.2, -0.15) is 10.4 Å². The fourth-order valence-corrected chi connectivity index (χ4v) is 3.90. The summed E-state index contributed by atoms with van der Waals surface area (Å²) in [5, 5.41) is 23.0. The number of aliphatic hydroxyl groups excluding tert-OH is 1. The molecule has 1 fully saturated rings. The molecule has 1 aromatic carbocycles. The van der Waals surface area contributed by atoms with Crippen molar-refractivity contribution in [1.29, 1.82) is 5.26 Å². The highest BCUT2D eigenvalue weighted by Crippen LogP contribution is 2.27. The molecule has 0 saturated carbocycles. The van der Waals surface area contributed by atoms with E-state index >= 15 is 0 Å². The van der Waals surface area contributed by atoms with Crippen molar-refractivity contribution in [2.75, 3.05) is 38.6 Å². The van der Waals surface area contributed by atoms with Gasteiger partial charge in [0.05, 0.1) is 35.8 Å². The highest BCUT2D eigenvalue weighted by atomic mass is 16.5. The summed E-state index contributed by atoms with van der Waals surface area (Å²) in [6, 6.07) is 7.39. The maximum atomic E-state index is 11.4. The van der Waals surface area contributed by atoms with Crippen LogP contribution in [0.3, 0.4) is 0 Å². The van der Waals surface area contributed by atoms with Crippen LogP contribution in [0.1, 0.15) is 28.8 Å². The van der Waals surface area contributed by atoms with E-state index < -0.39 is 5.91 Å². The third-order valence-electron chi connectivity index (χ3n) is 5.77. The van der Waals surface area contributed by atoms with E-state index in [1.165, 1.54) is 23.3 Å². The Labute approximate surface area is 196 Å². The Bertz CT molecular complexity index is 1220. The van der Waals surface area contributed by atoms with Gasteiger partial charge in [-0.15, -0.1) is 0 Å². The number of carbonyl (C=O) groups is 1. The molecule has 11 heteroatoms. The first-order chi connectivity index (χ1) is 16.5. The zero-order valence-electron chi connectivity index (χ0n) is 18.6. The Kier molecular flexibility index (Phi) is 7.01. The summed E-state index contributed by atoms with van der Waals surface area (Å²) in [5.74, 6) is 0.635. The first kappa shape index (κ1) is 23.2. The lowest BCUT2D eigenvalue weighted by molar-refractivity contribution is 0.1000. The van der Waals surface area contributed by atoms with Crippen LogP contribution >= 0.6 is 0 Å². The lowest BCUT2D eigenvalue weighted by Crippen LogP contribution is -2.24. The summed E-state index contributed by atoms with van der Waals surface area (Å²) in [6.45, 7) is 3.53. The molecule has 1 saturated heterocycles. The summed E-state index contributed by atoms with van der Waals surface area (Å²) < 4.78 is 7.19. The number of hydrogen-bond donors (Lipinski definition) is 3. The first-order valence-corrected chi connectivity index (χ1v) is 11.0. The number of anilines is 1. The van der Waals surface area contributed by atoms with Crippen LogP contribution < -0.4 is 16.2 Å². The topological polar surface area (TPSA) is 169 Å². The number of aliphatic hydroxyl groups is 1. The Morgan fingerprint density at radius 3 is 2.91 bits per heavy atom. The van der Waals surface area contributed by atoms with Crippen molar-refractivity contribution in [2.45, 2.75) is 12.8 Å². The van der Waals surface area contributed by atoms with E-state index in [1.54, 1.807) is 18.2 Å². The molecule has 0 aliphatic carbocycles. The second-order valence-corrected chi connectivity index (χ2v) is 8.16. The molecule has 2 aromatic heterocycles. The number of hydrogen-bond acceptors (Lipinski definition) is 9. The third-order valence-corrected chi connectivity index (χ3v) is 5.77. The van der Waals surface area contributed by atoms with Gasteiger partial charge in [-0.25, -0.2) is 14.6 Å². The van der Waals surface area contributed by atoms with Crippen molar-refractivity contribution in [3.63, 3.8) is 0 Å². The summed E-state index contributed by atoms with van der Waals surface area (Å²) in [5.41, 5.74) is 13.0. The van der Waals surface area contributed by atoms with E-state index in [1.807, 2.05) is 0 Å². The Morgan fingerprint density at radius 2 is 2.21 bits per heavy atom. The number of amides is 1. The predicted molar refractivity (Wildman–Crippen MR) is 124 cm³/mol. The second-order valence-electron chi connectivity index (χ2n) is 8.16. The SMILES string of the molecule is N#Cc1cc(-c2cnc(N)c(-n3cc(C(N)=O)cn3)n2)ccc1OCCCN1CC[C@@H](CO)C1. The molecule has 176 valence electrons. The molecule has 11 nitrogen and oxygen atoms in total. The molecular weight excluding hydrogens is 436 g/mol. The summed E-state index contributed by atoms with van der Waals surface area (Å²) >= 11 is 0. The maximum Gasteiger partial charge on any atom is 0.251 e. The molecular formula is C23H26N8O3. The van der Waals surface area contributed by atoms with Gasteiger partial charge in [0.1, 0.15) is 11.8 Å². The van der Waals surface area contributed by atoms with E-state index in [9.17, 15) is 15.2 Å². The first-order valence-electron chi connectivity index (χ1n) is 11.0. The molecule has 0 unspecified atom stereocenters. The van der Waals surface area contributed by atoms with Crippen LogP contribution in [0.4, 0.5) is 5.82 Å². The van der Waals surface area contributed by atoms with Gasteiger partial charge in [0.25, 0.3) is 5.91 Å². The van der Waals surface area contributed by atoms with Gasteiger partial charge in [0.15, 0.2) is 11.6 Å². The number of nitriles is 1. The fraction of sp³-hybridized carbons (Fsp3) is 0.348. The minimum atomic E-state index is -0.613. The van der Waals surface area contributed by atoms with Crippen molar-refractivity contribution in [3.05, 3.63) is 47.9 Å². The largest absolute Gasteiger partial charge is 0.492 e. The fourth-order valence-electron chi connectivity index (χ4n) is 3.90. The highest BCUT2D eigenvalue weighted by Gasteiger charge is 2.21. The standard InChI is InChI=1S/C23H26N8O3/c24-9-17-8-16(2-3-20(17)34-7-1-5-30-6-4-15(12-30)14-32)19-11-27-21(25)23(29-19)31-13-18(10-28-31)22(26)33/h2-3,8,10-11,13,15,32H,1,4-7,12,14H2,(H2,25,27)(H2,26,33)/t15-/m1/s1.